The molecular formula is C13H18BrNOS. The number of halogens is 1. The molecule has 0 aliphatic heterocycles. The number of carbonyl (C=O) groups is 1. The van der Waals surface area contributed by atoms with Crippen molar-refractivity contribution in [3.63, 3.8) is 0 Å². The first-order valence-electron chi connectivity index (χ1n) is 5.61. The van der Waals surface area contributed by atoms with Crippen LogP contribution in [0.15, 0.2) is 29.2 Å². The normalized spacial score (nSPS) is 10.6. The molecule has 0 aliphatic rings. The third-order valence-corrected chi connectivity index (χ3v) is 3.70. The maximum atomic E-state index is 12.4. The van der Waals surface area contributed by atoms with Crippen molar-refractivity contribution in [2.45, 2.75) is 24.8 Å². The summed E-state index contributed by atoms with van der Waals surface area (Å²) in [5.74, 6) is 0.115. The van der Waals surface area contributed by atoms with E-state index in [-0.39, 0.29) is 11.9 Å². The van der Waals surface area contributed by atoms with Crippen LogP contribution in [0.3, 0.4) is 0 Å². The zero-order valence-electron chi connectivity index (χ0n) is 10.4. The van der Waals surface area contributed by atoms with Crippen LogP contribution in [0.4, 0.5) is 0 Å². The van der Waals surface area contributed by atoms with E-state index >= 15 is 0 Å². The van der Waals surface area contributed by atoms with Gasteiger partial charge in [-0.1, -0.05) is 28.1 Å². The smallest absolute Gasteiger partial charge is 0.255 e. The van der Waals surface area contributed by atoms with Gasteiger partial charge in [0.1, 0.15) is 0 Å². The number of amides is 1. The van der Waals surface area contributed by atoms with Crippen LogP contribution in [0.25, 0.3) is 0 Å². The molecule has 17 heavy (non-hydrogen) atoms. The van der Waals surface area contributed by atoms with Crippen LogP contribution in [0, 0.1) is 0 Å². The van der Waals surface area contributed by atoms with Crippen LogP contribution >= 0.6 is 27.7 Å². The standard InChI is InChI=1S/C13H18BrNOS/c1-10(2)15(9-8-14)13(16)11-6-4-5-7-12(11)17-3/h4-7,10H,8-9H2,1-3H3. The first-order chi connectivity index (χ1) is 8.11. The molecule has 0 atom stereocenters. The Labute approximate surface area is 116 Å². The number of hydrogen-bond acceptors (Lipinski definition) is 2. The lowest BCUT2D eigenvalue weighted by Crippen LogP contribution is -2.38. The lowest BCUT2D eigenvalue weighted by Gasteiger charge is -2.26. The van der Waals surface area contributed by atoms with Gasteiger partial charge < -0.3 is 4.90 Å². The van der Waals surface area contributed by atoms with Gasteiger partial charge in [0.25, 0.3) is 5.91 Å². The highest BCUT2D eigenvalue weighted by Crippen LogP contribution is 2.22. The van der Waals surface area contributed by atoms with Crippen molar-refractivity contribution in [2.75, 3.05) is 18.1 Å². The number of hydrogen-bond donors (Lipinski definition) is 0. The van der Waals surface area contributed by atoms with E-state index in [4.69, 9.17) is 0 Å². The average Bonchev–Trinajstić information content (AvgIpc) is 2.34. The number of benzene rings is 1. The number of carbonyl (C=O) groups excluding carboxylic acids is 1. The summed E-state index contributed by atoms with van der Waals surface area (Å²) in [6, 6.07) is 7.99. The lowest BCUT2D eigenvalue weighted by molar-refractivity contribution is 0.0716. The molecule has 0 aromatic heterocycles. The summed E-state index contributed by atoms with van der Waals surface area (Å²) >= 11 is 5.01. The second kappa shape index (κ2) is 7.07. The van der Waals surface area contributed by atoms with Gasteiger partial charge in [-0.2, -0.15) is 0 Å². The minimum Gasteiger partial charge on any atom is -0.335 e. The van der Waals surface area contributed by atoms with Crippen LogP contribution in [0.5, 0.6) is 0 Å². The quantitative estimate of drug-likeness (QED) is 0.610. The van der Waals surface area contributed by atoms with Gasteiger partial charge in [0.15, 0.2) is 0 Å². The number of rotatable bonds is 5. The van der Waals surface area contributed by atoms with Gasteiger partial charge in [-0.25, -0.2) is 0 Å². The van der Waals surface area contributed by atoms with E-state index in [1.807, 2.05) is 49.3 Å². The third kappa shape index (κ3) is 3.75. The largest absolute Gasteiger partial charge is 0.335 e. The van der Waals surface area contributed by atoms with Gasteiger partial charge in [-0.15, -0.1) is 11.8 Å². The topological polar surface area (TPSA) is 20.3 Å². The van der Waals surface area contributed by atoms with E-state index in [9.17, 15) is 4.79 Å². The Morgan fingerprint density at radius 2 is 2.06 bits per heavy atom. The Balaban J connectivity index is 3.00. The minimum atomic E-state index is 0.115. The summed E-state index contributed by atoms with van der Waals surface area (Å²) in [5, 5.41) is 0.804. The lowest BCUT2D eigenvalue weighted by atomic mass is 10.1. The fourth-order valence-corrected chi connectivity index (χ4v) is 2.63. The molecule has 1 aromatic rings. The summed E-state index contributed by atoms with van der Waals surface area (Å²) in [6.45, 7) is 4.82. The zero-order valence-corrected chi connectivity index (χ0v) is 12.8. The molecule has 94 valence electrons. The van der Waals surface area contributed by atoms with E-state index in [1.54, 1.807) is 11.8 Å². The SMILES string of the molecule is CSc1ccccc1C(=O)N(CCBr)C(C)C. The van der Waals surface area contributed by atoms with E-state index < -0.39 is 0 Å². The second-order valence-corrected chi connectivity index (χ2v) is 5.62. The predicted molar refractivity (Wildman–Crippen MR) is 78.2 cm³/mol. The first kappa shape index (κ1) is 14.6. The minimum absolute atomic E-state index is 0.115. The molecule has 1 aromatic carbocycles. The van der Waals surface area contributed by atoms with Gasteiger partial charge in [0.2, 0.25) is 0 Å². The number of nitrogens with zero attached hydrogens (tertiary/aromatic N) is 1. The zero-order chi connectivity index (χ0) is 12.8. The highest BCUT2D eigenvalue weighted by atomic mass is 79.9. The van der Waals surface area contributed by atoms with Crippen molar-refractivity contribution in [1.82, 2.24) is 4.90 Å². The molecule has 0 spiro atoms. The average molecular weight is 316 g/mol. The van der Waals surface area contributed by atoms with Gasteiger partial charge in [-0.3, -0.25) is 4.79 Å². The Morgan fingerprint density at radius 3 is 2.59 bits per heavy atom. The summed E-state index contributed by atoms with van der Waals surface area (Å²) in [4.78, 5) is 15.4. The van der Waals surface area contributed by atoms with Crippen LogP contribution in [0.2, 0.25) is 0 Å². The molecule has 1 amide bonds. The molecule has 0 heterocycles. The van der Waals surface area contributed by atoms with E-state index in [0.717, 1.165) is 22.3 Å². The molecule has 2 nitrogen and oxygen atoms in total. The van der Waals surface area contributed by atoms with Crippen molar-refractivity contribution in [3.8, 4) is 0 Å². The summed E-state index contributed by atoms with van der Waals surface area (Å²) in [6.07, 6.45) is 2.00. The highest BCUT2D eigenvalue weighted by Gasteiger charge is 2.20. The molecule has 0 fully saturated rings. The van der Waals surface area contributed by atoms with Gasteiger partial charge in [0.05, 0.1) is 5.56 Å². The van der Waals surface area contributed by atoms with Crippen molar-refractivity contribution in [1.29, 1.82) is 0 Å². The van der Waals surface area contributed by atoms with Crippen molar-refractivity contribution < 1.29 is 4.79 Å². The van der Waals surface area contributed by atoms with Gasteiger partial charge in [-0.05, 0) is 32.2 Å². The number of thioether (sulfide) groups is 1. The Bertz CT molecular complexity index is 381. The maximum Gasteiger partial charge on any atom is 0.255 e. The van der Waals surface area contributed by atoms with Crippen LogP contribution in [0.1, 0.15) is 24.2 Å². The Kier molecular flexibility index (Phi) is 6.06. The van der Waals surface area contributed by atoms with Crippen molar-refractivity contribution in [3.05, 3.63) is 29.8 Å². The number of alkyl halides is 1. The van der Waals surface area contributed by atoms with Crippen molar-refractivity contribution >= 4 is 33.6 Å². The molecule has 0 saturated carbocycles. The van der Waals surface area contributed by atoms with Crippen LogP contribution in [-0.2, 0) is 0 Å². The van der Waals surface area contributed by atoms with E-state index in [2.05, 4.69) is 15.9 Å². The third-order valence-electron chi connectivity index (χ3n) is 2.55. The molecule has 0 saturated heterocycles. The van der Waals surface area contributed by atoms with E-state index in [1.165, 1.54) is 0 Å². The molecule has 0 N–H and O–H groups in total. The monoisotopic (exact) mass is 315 g/mol. The predicted octanol–water partition coefficient (Wildman–Crippen LogP) is 3.65. The fraction of sp³-hybridized carbons (Fsp3) is 0.462. The summed E-state index contributed by atoms with van der Waals surface area (Å²) in [5.41, 5.74) is 0.801. The van der Waals surface area contributed by atoms with Gasteiger partial charge in [0, 0.05) is 22.8 Å². The fourth-order valence-electron chi connectivity index (χ4n) is 1.66. The van der Waals surface area contributed by atoms with E-state index in [0.29, 0.717) is 0 Å². The molecule has 4 heteroatoms. The molecule has 0 radical (unpaired) electrons. The summed E-state index contributed by atoms with van der Waals surface area (Å²) in [7, 11) is 0. The summed E-state index contributed by atoms with van der Waals surface area (Å²) < 4.78 is 0. The molecule has 1 rings (SSSR count). The van der Waals surface area contributed by atoms with Crippen LogP contribution < -0.4 is 0 Å². The second-order valence-electron chi connectivity index (χ2n) is 3.98. The Morgan fingerprint density at radius 1 is 1.41 bits per heavy atom. The van der Waals surface area contributed by atoms with Crippen molar-refractivity contribution in [2.24, 2.45) is 0 Å². The molecule has 0 aliphatic carbocycles. The molecule has 0 bridgehead atoms. The van der Waals surface area contributed by atoms with Crippen LogP contribution in [-0.4, -0.2) is 35.0 Å². The van der Waals surface area contributed by atoms with Gasteiger partial charge >= 0.3 is 0 Å². The molecular weight excluding hydrogens is 298 g/mol. The highest BCUT2D eigenvalue weighted by molar-refractivity contribution is 9.09. The Hall–Kier alpha value is -0.480. The first-order valence-corrected chi connectivity index (χ1v) is 7.96. The molecule has 0 unspecified atom stereocenters. The maximum absolute atomic E-state index is 12.4.